The average molecular weight is 194 g/mol. The van der Waals surface area contributed by atoms with Crippen LogP contribution in [0.3, 0.4) is 0 Å². The molecule has 3 unspecified atom stereocenters. The van der Waals surface area contributed by atoms with Crippen molar-refractivity contribution in [1.29, 1.82) is 0 Å². The Morgan fingerprint density at radius 2 is 2.29 bits per heavy atom. The van der Waals surface area contributed by atoms with Crippen LogP contribution in [0.15, 0.2) is 12.5 Å². The highest BCUT2D eigenvalue weighted by molar-refractivity contribution is 5.01. The molecule has 3 heteroatoms. The number of imidazole rings is 1. The third-order valence-corrected chi connectivity index (χ3v) is 3.69. The minimum absolute atomic E-state index is 0.0948. The van der Waals surface area contributed by atoms with E-state index in [4.69, 9.17) is 5.11 Å². The topological polar surface area (TPSA) is 38.0 Å². The van der Waals surface area contributed by atoms with Crippen molar-refractivity contribution < 1.29 is 5.11 Å². The number of aliphatic hydroxyl groups excluding tert-OH is 1. The monoisotopic (exact) mass is 194 g/mol. The molecule has 14 heavy (non-hydrogen) atoms. The standard InChI is InChI=1S/C11H18N2O/c1-8-3-4-11(9(8)2)13-7-12-5-10(13)6-14/h5,7-9,11,14H,3-4,6H2,1-2H3. The molecule has 1 aliphatic carbocycles. The molecular formula is C11H18N2O. The Morgan fingerprint density at radius 1 is 1.50 bits per heavy atom. The van der Waals surface area contributed by atoms with E-state index in [0.717, 1.165) is 11.6 Å². The lowest BCUT2D eigenvalue weighted by Crippen LogP contribution is -2.15. The van der Waals surface area contributed by atoms with Gasteiger partial charge in [-0.2, -0.15) is 0 Å². The molecule has 1 heterocycles. The lowest BCUT2D eigenvalue weighted by atomic mass is 9.97. The van der Waals surface area contributed by atoms with Gasteiger partial charge in [0.05, 0.1) is 24.8 Å². The Balaban J connectivity index is 2.23. The van der Waals surface area contributed by atoms with Crippen molar-refractivity contribution >= 4 is 0 Å². The zero-order valence-electron chi connectivity index (χ0n) is 8.85. The molecule has 0 aromatic carbocycles. The molecule has 1 saturated carbocycles. The van der Waals surface area contributed by atoms with Crippen LogP contribution >= 0.6 is 0 Å². The molecule has 1 aromatic heterocycles. The quantitative estimate of drug-likeness (QED) is 0.781. The predicted octanol–water partition coefficient (Wildman–Crippen LogP) is 1.98. The summed E-state index contributed by atoms with van der Waals surface area (Å²) in [5.74, 6) is 1.48. The van der Waals surface area contributed by atoms with Crippen LogP contribution in [0.25, 0.3) is 0 Å². The molecule has 0 amide bonds. The molecular weight excluding hydrogens is 176 g/mol. The maximum Gasteiger partial charge on any atom is 0.0951 e. The summed E-state index contributed by atoms with van der Waals surface area (Å²) in [6.07, 6.45) is 6.11. The first kappa shape index (κ1) is 9.71. The Kier molecular flexibility index (Phi) is 2.59. The van der Waals surface area contributed by atoms with Crippen LogP contribution < -0.4 is 0 Å². The zero-order chi connectivity index (χ0) is 10.1. The number of aliphatic hydroxyl groups is 1. The molecule has 0 bridgehead atoms. The molecule has 0 radical (unpaired) electrons. The molecule has 0 spiro atoms. The Labute approximate surface area is 84.8 Å². The van der Waals surface area contributed by atoms with Gasteiger partial charge in [-0.25, -0.2) is 4.98 Å². The van der Waals surface area contributed by atoms with Crippen molar-refractivity contribution in [3.63, 3.8) is 0 Å². The van der Waals surface area contributed by atoms with E-state index in [0.29, 0.717) is 12.0 Å². The average Bonchev–Trinajstić information content (AvgIpc) is 2.75. The largest absolute Gasteiger partial charge is 0.390 e. The van der Waals surface area contributed by atoms with E-state index >= 15 is 0 Å². The van der Waals surface area contributed by atoms with Crippen molar-refractivity contribution in [2.24, 2.45) is 11.8 Å². The Bertz CT molecular complexity index is 308. The third kappa shape index (κ3) is 1.46. The SMILES string of the molecule is CC1CCC(n2cncc2CO)C1C. The summed E-state index contributed by atoms with van der Waals surface area (Å²) >= 11 is 0. The molecule has 0 aliphatic heterocycles. The van der Waals surface area contributed by atoms with E-state index in [9.17, 15) is 0 Å². The fourth-order valence-corrected chi connectivity index (χ4v) is 2.48. The minimum atomic E-state index is 0.0948. The molecule has 78 valence electrons. The highest BCUT2D eigenvalue weighted by atomic mass is 16.3. The summed E-state index contributed by atoms with van der Waals surface area (Å²) in [7, 11) is 0. The van der Waals surface area contributed by atoms with Gasteiger partial charge in [0.2, 0.25) is 0 Å². The van der Waals surface area contributed by atoms with Gasteiger partial charge in [0.25, 0.3) is 0 Å². The number of hydrogen-bond acceptors (Lipinski definition) is 2. The smallest absolute Gasteiger partial charge is 0.0951 e. The predicted molar refractivity (Wildman–Crippen MR) is 54.7 cm³/mol. The molecule has 1 aromatic rings. The first-order valence-corrected chi connectivity index (χ1v) is 5.35. The molecule has 1 fully saturated rings. The van der Waals surface area contributed by atoms with Crippen LogP contribution in [0, 0.1) is 11.8 Å². The van der Waals surface area contributed by atoms with Crippen molar-refractivity contribution in [2.75, 3.05) is 0 Å². The first-order chi connectivity index (χ1) is 6.74. The van der Waals surface area contributed by atoms with Gasteiger partial charge in [-0.3, -0.25) is 0 Å². The van der Waals surface area contributed by atoms with Crippen LogP contribution in [0.4, 0.5) is 0 Å². The maximum atomic E-state index is 9.16. The molecule has 1 N–H and O–H groups in total. The van der Waals surface area contributed by atoms with Gasteiger partial charge in [0.15, 0.2) is 0 Å². The van der Waals surface area contributed by atoms with E-state index in [1.807, 2.05) is 6.33 Å². The number of hydrogen-bond donors (Lipinski definition) is 1. The fourth-order valence-electron chi connectivity index (χ4n) is 2.48. The lowest BCUT2D eigenvalue weighted by Gasteiger charge is -2.21. The summed E-state index contributed by atoms with van der Waals surface area (Å²) in [6, 6.07) is 0.537. The second kappa shape index (κ2) is 3.73. The highest BCUT2D eigenvalue weighted by Gasteiger charge is 2.31. The van der Waals surface area contributed by atoms with Crippen LogP contribution in [-0.4, -0.2) is 14.7 Å². The van der Waals surface area contributed by atoms with Crippen LogP contribution in [-0.2, 0) is 6.61 Å². The highest BCUT2D eigenvalue weighted by Crippen LogP contribution is 2.40. The lowest BCUT2D eigenvalue weighted by molar-refractivity contribution is 0.257. The van der Waals surface area contributed by atoms with Gasteiger partial charge >= 0.3 is 0 Å². The number of rotatable bonds is 2. The van der Waals surface area contributed by atoms with E-state index < -0.39 is 0 Å². The van der Waals surface area contributed by atoms with Gasteiger partial charge in [0, 0.05) is 6.04 Å². The third-order valence-electron chi connectivity index (χ3n) is 3.69. The van der Waals surface area contributed by atoms with E-state index in [1.54, 1.807) is 6.20 Å². The molecule has 3 atom stereocenters. The summed E-state index contributed by atoms with van der Waals surface area (Å²) in [6.45, 7) is 4.70. The summed E-state index contributed by atoms with van der Waals surface area (Å²) in [5.41, 5.74) is 0.941. The molecule has 0 saturated heterocycles. The second-order valence-electron chi connectivity index (χ2n) is 4.43. The van der Waals surface area contributed by atoms with Crippen molar-refractivity contribution in [3.05, 3.63) is 18.2 Å². The van der Waals surface area contributed by atoms with Crippen molar-refractivity contribution in [2.45, 2.75) is 39.3 Å². The van der Waals surface area contributed by atoms with Crippen LogP contribution in [0.5, 0.6) is 0 Å². The number of nitrogens with zero attached hydrogens (tertiary/aromatic N) is 2. The Morgan fingerprint density at radius 3 is 2.86 bits per heavy atom. The van der Waals surface area contributed by atoms with Crippen LogP contribution in [0.1, 0.15) is 38.4 Å². The summed E-state index contributed by atoms with van der Waals surface area (Å²) in [5, 5.41) is 9.16. The van der Waals surface area contributed by atoms with E-state index in [-0.39, 0.29) is 6.61 Å². The summed E-state index contributed by atoms with van der Waals surface area (Å²) < 4.78 is 2.15. The van der Waals surface area contributed by atoms with Crippen LogP contribution in [0.2, 0.25) is 0 Å². The molecule has 2 rings (SSSR count). The van der Waals surface area contributed by atoms with Gasteiger partial charge in [-0.15, -0.1) is 0 Å². The zero-order valence-corrected chi connectivity index (χ0v) is 8.85. The molecule has 3 nitrogen and oxygen atoms in total. The van der Waals surface area contributed by atoms with Gasteiger partial charge in [-0.05, 0) is 24.7 Å². The van der Waals surface area contributed by atoms with Gasteiger partial charge < -0.3 is 9.67 Å². The second-order valence-corrected chi connectivity index (χ2v) is 4.43. The van der Waals surface area contributed by atoms with Gasteiger partial charge in [-0.1, -0.05) is 13.8 Å². The molecule has 1 aliphatic rings. The fraction of sp³-hybridized carbons (Fsp3) is 0.727. The maximum absolute atomic E-state index is 9.16. The van der Waals surface area contributed by atoms with Gasteiger partial charge in [0.1, 0.15) is 0 Å². The summed E-state index contributed by atoms with van der Waals surface area (Å²) in [4.78, 5) is 4.10. The van der Waals surface area contributed by atoms with Crippen molar-refractivity contribution in [3.8, 4) is 0 Å². The first-order valence-electron chi connectivity index (χ1n) is 5.35. The van der Waals surface area contributed by atoms with E-state index in [2.05, 4.69) is 23.4 Å². The number of aromatic nitrogens is 2. The minimum Gasteiger partial charge on any atom is -0.390 e. The van der Waals surface area contributed by atoms with E-state index in [1.165, 1.54) is 12.8 Å². The van der Waals surface area contributed by atoms with Crippen molar-refractivity contribution in [1.82, 2.24) is 9.55 Å². The normalized spacial score (nSPS) is 32.4. The Hall–Kier alpha value is -0.830.